The molecule has 74 valence electrons. The normalized spacial score (nSPS) is 23.2. The van der Waals surface area contributed by atoms with E-state index in [4.69, 9.17) is 4.74 Å². The van der Waals surface area contributed by atoms with Gasteiger partial charge in [0.1, 0.15) is 12.2 Å². The van der Waals surface area contributed by atoms with E-state index >= 15 is 0 Å². The van der Waals surface area contributed by atoms with E-state index in [2.05, 4.69) is 0 Å². The van der Waals surface area contributed by atoms with Crippen LogP contribution in [0.1, 0.15) is 24.5 Å². The van der Waals surface area contributed by atoms with Crippen molar-refractivity contribution in [1.29, 1.82) is 0 Å². The van der Waals surface area contributed by atoms with Crippen LogP contribution in [0.25, 0.3) is 0 Å². The Labute approximate surface area is 82.3 Å². The first-order valence-electron chi connectivity index (χ1n) is 4.70. The van der Waals surface area contributed by atoms with Crippen molar-refractivity contribution in [2.45, 2.75) is 25.0 Å². The van der Waals surface area contributed by atoms with Gasteiger partial charge in [-0.15, -0.1) is 0 Å². The number of ether oxygens (including phenoxy) is 1. The summed E-state index contributed by atoms with van der Waals surface area (Å²) in [6.45, 7) is 0. The fourth-order valence-corrected chi connectivity index (χ4v) is 1.63. The summed E-state index contributed by atoms with van der Waals surface area (Å²) in [7, 11) is 0. The highest BCUT2D eigenvalue weighted by atomic mass is 16.6. The highest BCUT2D eigenvalue weighted by Crippen LogP contribution is 2.26. The van der Waals surface area contributed by atoms with E-state index < -0.39 is 6.10 Å². The van der Waals surface area contributed by atoms with Crippen molar-refractivity contribution < 1.29 is 14.6 Å². The molecule has 2 rings (SSSR count). The number of benzene rings is 1. The predicted octanol–water partition coefficient (Wildman–Crippen LogP) is 1.43. The maximum Gasteiger partial charge on any atom is 0.306 e. The van der Waals surface area contributed by atoms with Crippen LogP contribution in [-0.2, 0) is 9.53 Å². The lowest BCUT2D eigenvalue weighted by atomic mass is 10.0. The van der Waals surface area contributed by atoms with Crippen molar-refractivity contribution in [3.63, 3.8) is 0 Å². The van der Waals surface area contributed by atoms with Crippen LogP contribution in [-0.4, -0.2) is 17.2 Å². The number of hydrogen-bond donors (Lipinski definition) is 1. The van der Waals surface area contributed by atoms with Gasteiger partial charge in [0.15, 0.2) is 0 Å². The second kappa shape index (κ2) is 3.80. The van der Waals surface area contributed by atoms with Gasteiger partial charge in [0.2, 0.25) is 0 Å². The number of rotatable bonds is 2. The van der Waals surface area contributed by atoms with Gasteiger partial charge in [0, 0.05) is 6.42 Å². The number of hydrogen-bond acceptors (Lipinski definition) is 3. The molecule has 1 N–H and O–H groups in total. The summed E-state index contributed by atoms with van der Waals surface area (Å²) < 4.78 is 4.99. The molecular weight excluding hydrogens is 180 g/mol. The number of carbonyl (C=O) groups excluding carboxylic acids is 1. The minimum absolute atomic E-state index is 0.218. The fourth-order valence-electron chi connectivity index (χ4n) is 1.63. The third-order valence-corrected chi connectivity index (χ3v) is 2.41. The first-order chi connectivity index (χ1) is 6.77. The summed E-state index contributed by atoms with van der Waals surface area (Å²) in [5, 5.41) is 9.86. The molecule has 0 aromatic heterocycles. The van der Waals surface area contributed by atoms with Gasteiger partial charge in [-0.2, -0.15) is 0 Å². The van der Waals surface area contributed by atoms with Crippen molar-refractivity contribution in [3.8, 4) is 0 Å². The Kier molecular flexibility index (Phi) is 2.50. The second-order valence-corrected chi connectivity index (χ2v) is 3.42. The monoisotopic (exact) mass is 192 g/mol. The minimum Gasteiger partial charge on any atom is -0.459 e. The molecule has 1 saturated heterocycles. The van der Waals surface area contributed by atoms with E-state index in [1.54, 1.807) is 0 Å². The second-order valence-electron chi connectivity index (χ2n) is 3.42. The van der Waals surface area contributed by atoms with Crippen molar-refractivity contribution in [2.75, 3.05) is 0 Å². The molecule has 0 amide bonds. The molecule has 0 unspecified atom stereocenters. The first-order valence-corrected chi connectivity index (χ1v) is 4.70. The Morgan fingerprint density at radius 3 is 2.64 bits per heavy atom. The van der Waals surface area contributed by atoms with Crippen molar-refractivity contribution in [1.82, 2.24) is 0 Å². The van der Waals surface area contributed by atoms with Crippen molar-refractivity contribution >= 4 is 5.97 Å². The minimum atomic E-state index is -0.692. The van der Waals surface area contributed by atoms with Crippen LogP contribution in [0.2, 0.25) is 0 Å². The molecule has 0 radical (unpaired) electrons. The largest absolute Gasteiger partial charge is 0.459 e. The van der Waals surface area contributed by atoms with Crippen LogP contribution in [0.4, 0.5) is 0 Å². The molecule has 1 fully saturated rings. The number of cyclic esters (lactones) is 1. The van der Waals surface area contributed by atoms with E-state index in [0.717, 1.165) is 5.56 Å². The number of carbonyl (C=O) groups is 1. The summed E-state index contributed by atoms with van der Waals surface area (Å²) >= 11 is 0. The van der Waals surface area contributed by atoms with E-state index in [-0.39, 0.29) is 12.1 Å². The molecular formula is C11H12O3. The van der Waals surface area contributed by atoms with E-state index in [0.29, 0.717) is 12.8 Å². The van der Waals surface area contributed by atoms with Gasteiger partial charge in [-0.25, -0.2) is 0 Å². The average Bonchev–Trinajstić information content (AvgIpc) is 2.65. The SMILES string of the molecule is O=C1CC[C@@H]([C@H](O)c2ccccc2)O1. The molecule has 0 spiro atoms. The Hall–Kier alpha value is -1.35. The highest BCUT2D eigenvalue weighted by Gasteiger charge is 2.30. The number of esters is 1. The predicted molar refractivity (Wildman–Crippen MR) is 50.5 cm³/mol. The summed E-state index contributed by atoms with van der Waals surface area (Å²) in [5.41, 5.74) is 0.798. The smallest absolute Gasteiger partial charge is 0.306 e. The molecule has 3 nitrogen and oxygen atoms in total. The van der Waals surface area contributed by atoms with Crippen LogP contribution in [0, 0.1) is 0 Å². The molecule has 1 aliphatic rings. The molecule has 1 heterocycles. The zero-order valence-corrected chi connectivity index (χ0v) is 7.72. The van der Waals surface area contributed by atoms with Crippen molar-refractivity contribution in [3.05, 3.63) is 35.9 Å². The maximum atomic E-state index is 10.9. The molecule has 0 saturated carbocycles. The van der Waals surface area contributed by atoms with Gasteiger partial charge in [0.05, 0.1) is 0 Å². The third-order valence-electron chi connectivity index (χ3n) is 2.41. The molecule has 1 aromatic rings. The van der Waals surface area contributed by atoms with Gasteiger partial charge >= 0.3 is 5.97 Å². The van der Waals surface area contributed by atoms with Gasteiger partial charge in [0.25, 0.3) is 0 Å². The standard InChI is InChI=1S/C11H12O3/c12-10-7-6-9(14-10)11(13)8-4-2-1-3-5-8/h1-5,9,11,13H,6-7H2/t9-,11+/m0/s1. The lowest BCUT2D eigenvalue weighted by Gasteiger charge is -2.16. The van der Waals surface area contributed by atoms with E-state index in [1.165, 1.54) is 0 Å². The van der Waals surface area contributed by atoms with E-state index in [1.807, 2.05) is 30.3 Å². The topological polar surface area (TPSA) is 46.5 Å². The van der Waals surface area contributed by atoms with Crippen molar-refractivity contribution in [2.24, 2.45) is 0 Å². The molecule has 2 atom stereocenters. The quantitative estimate of drug-likeness (QED) is 0.721. The van der Waals surface area contributed by atoms with Crippen LogP contribution < -0.4 is 0 Å². The molecule has 0 bridgehead atoms. The van der Waals surface area contributed by atoms with Crippen LogP contribution in [0.3, 0.4) is 0 Å². The molecule has 0 aliphatic carbocycles. The molecule has 1 aromatic carbocycles. The summed E-state index contributed by atoms with van der Waals surface area (Å²) in [6.07, 6.45) is -0.0451. The first kappa shape index (κ1) is 9.21. The molecule has 14 heavy (non-hydrogen) atoms. The number of aliphatic hydroxyl groups excluding tert-OH is 1. The Bertz CT molecular complexity index is 321. The van der Waals surface area contributed by atoms with Gasteiger partial charge < -0.3 is 9.84 Å². The van der Waals surface area contributed by atoms with Crippen LogP contribution >= 0.6 is 0 Å². The highest BCUT2D eigenvalue weighted by molar-refractivity contribution is 5.71. The third kappa shape index (κ3) is 1.77. The zero-order valence-electron chi connectivity index (χ0n) is 7.72. The lowest BCUT2D eigenvalue weighted by Crippen LogP contribution is -2.17. The Morgan fingerprint density at radius 1 is 1.36 bits per heavy atom. The van der Waals surface area contributed by atoms with Gasteiger partial charge in [-0.1, -0.05) is 30.3 Å². The summed E-state index contributed by atoms with van der Waals surface area (Å²) in [4.78, 5) is 10.9. The van der Waals surface area contributed by atoms with Crippen LogP contribution in [0.15, 0.2) is 30.3 Å². The Balaban J connectivity index is 2.09. The van der Waals surface area contributed by atoms with E-state index in [9.17, 15) is 9.90 Å². The zero-order chi connectivity index (χ0) is 9.97. The Morgan fingerprint density at radius 2 is 2.07 bits per heavy atom. The number of aliphatic hydroxyl groups is 1. The maximum absolute atomic E-state index is 10.9. The summed E-state index contributed by atoms with van der Waals surface area (Å²) in [5.74, 6) is -0.218. The fraction of sp³-hybridized carbons (Fsp3) is 0.364. The summed E-state index contributed by atoms with van der Waals surface area (Å²) in [6, 6.07) is 9.26. The van der Waals surface area contributed by atoms with Gasteiger partial charge in [-0.05, 0) is 12.0 Å². The van der Waals surface area contributed by atoms with Gasteiger partial charge in [-0.3, -0.25) is 4.79 Å². The van der Waals surface area contributed by atoms with Crippen LogP contribution in [0.5, 0.6) is 0 Å². The lowest BCUT2D eigenvalue weighted by molar-refractivity contribution is -0.145. The molecule has 1 aliphatic heterocycles. The average molecular weight is 192 g/mol. The molecule has 3 heteroatoms.